The van der Waals surface area contributed by atoms with E-state index in [4.69, 9.17) is 14.0 Å². The molecule has 2 aromatic rings. The van der Waals surface area contributed by atoms with Crippen LogP contribution in [-0.2, 0) is 9.31 Å². The van der Waals surface area contributed by atoms with E-state index in [1.807, 2.05) is 53.8 Å². The zero-order valence-electron chi connectivity index (χ0n) is 15.0. The second kappa shape index (κ2) is 5.50. The third-order valence-corrected chi connectivity index (χ3v) is 4.61. The van der Waals surface area contributed by atoms with Gasteiger partial charge in [-0.15, -0.1) is 0 Å². The molecule has 1 fully saturated rings. The van der Waals surface area contributed by atoms with E-state index in [0.717, 1.165) is 5.46 Å². The third kappa shape index (κ3) is 2.66. The van der Waals surface area contributed by atoms with Crippen molar-refractivity contribution >= 4 is 18.1 Å². The van der Waals surface area contributed by atoms with Crippen LogP contribution in [0.15, 0.2) is 18.5 Å². The molecule has 24 heavy (non-hydrogen) atoms. The smallest absolute Gasteiger partial charge is 0.489 e. The highest BCUT2D eigenvalue weighted by molar-refractivity contribution is 6.62. The summed E-state index contributed by atoms with van der Waals surface area (Å²) in [5.74, 6) is 0.603. The Labute approximate surface area is 142 Å². The van der Waals surface area contributed by atoms with Gasteiger partial charge >= 0.3 is 7.12 Å². The van der Waals surface area contributed by atoms with E-state index in [-0.39, 0.29) is 6.10 Å². The van der Waals surface area contributed by atoms with Crippen LogP contribution in [0.2, 0.25) is 0 Å². The number of rotatable bonds is 3. The van der Waals surface area contributed by atoms with Gasteiger partial charge < -0.3 is 14.0 Å². The summed E-state index contributed by atoms with van der Waals surface area (Å²) in [4.78, 5) is 0. The molecular formula is C17H22BN3O3. The number of nitrogens with zero attached hydrogens (tertiary/aromatic N) is 3. The Bertz CT molecular complexity index is 804. The molecule has 0 radical (unpaired) electrons. The molecule has 6 nitrogen and oxygen atoms in total. The van der Waals surface area contributed by atoms with Crippen molar-refractivity contribution in [3.8, 4) is 11.8 Å². The van der Waals surface area contributed by atoms with Gasteiger partial charge in [0.2, 0.25) is 0 Å². The first-order chi connectivity index (χ1) is 11.1. The monoisotopic (exact) mass is 327 g/mol. The van der Waals surface area contributed by atoms with Crippen molar-refractivity contribution in [2.24, 2.45) is 0 Å². The van der Waals surface area contributed by atoms with E-state index in [1.54, 1.807) is 4.52 Å². The van der Waals surface area contributed by atoms with Crippen molar-refractivity contribution in [2.75, 3.05) is 0 Å². The van der Waals surface area contributed by atoms with Gasteiger partial charge in [0.1, 0.15) is 22.9 Å². The van der Waals surface area contributed by atoms with E-state index < -0.39 is 18.3 Å². The van der Waals surface area contributed by atoms with Crippen molar-refractivity contribution in [3.05, 3.63) is 24.0 Å². The van der Waals surface area contributed by atoms with Crippen molar-refractivity contribution in [1.29, 1.82) is 5.26 Å². The molecular weight excluding hydrogens is 305 g/mol. The molecule has 0 unspecified atom stereocenters. The van der Waals surface area contributed by atoms with Gasteiger partial charge in [-0.2, -0.15) is 10.4 Å². The minimum atomic E-state index is -0.511. The summed E-state index contributed by atoms with van der Waals surface area (Å²) in [6.45, 7) is 11.9. The lowest BCUT2D eigenvalue weighted by Gasteiger charge is -2.32. The van der Waals surface area contributed by atoms with Gasteiger partial charge in [0.15, 0.2) is 0 Å². The van der Waals surface area contributed by atoms with E-state index >= 15 is 0 Å². The minimum Gasteiger partial charge on any atom is -0.489 e. The van der Waals surface area contributed by atoms with Crippen LogP contribution < -0.4 is 10.2 Å². The number of nitriles is 1. The molecule has 0 aliphatic carbocycles. The number of ether oxygens (including phenoxy) is 1. The van der Waals surface area contributed by atoms with Crippen LogP contribution in [0, 0.1) is 11.3 Å². The summed E-state index contributed by atoms with van der Waals surface area (Å²) in [6.07, 6.45) is 3.34. The number of hydrogen-bond acceptors (Lipinski definition) is 5. The lowest BCUT2D eigenvalue weighted by molar-refractivity contribution is 0.00578. The molecule has 0 spiro atoms. The van der Waals surface area contributed by atoms with Crippen molar-refractivity contribution in [3.63, 3.8) is 0 Å². The van der Waals surface area contributed by atoms with Gasteiger partial charge in [0, 0.05) is 11.7 Å². The van der Waals surface area contributed by atoms with Crippen molar-refractivity contribution in [2.45, 2.75) is 58.8 Å². The summed E-state index contributed by atoms with van der Waals surface area (Å²) >= 11 is 0. The molecule has 7 heteroatoms. The molecule has 0 aromatic carbocycles. The van der Waals surface area contributed by atoms with Crippen LogP contribution >= 0.6 is 0 Å². The summed E-state index contributed by atoms with van der Waals surface area (Å²) < 4.78 is 19.8. The fourth-order valence-corrected chi connectivity index (χ4v) is 2.64. The average molecular weight is 327 g/mol. The predicted octanol–water partition coefficient (Wildman–Crippen LogP) is 2.29. The van der Waals surface area contributed by atoms with Crippen LogP contribution in [0.3, 0.4) is 0 Å². The standard InChI is InChI=1S/C17H22BN3O3/c1-11(2)22-14-7-13(10-21-15(14)12(8-19)9-20-21)18-23-16(3,4)17(5,6)24-18/h7,9-11H,1-6H3. The summed E-state index contributed by atoms with van der Waals surface area (Å²) in [5.41, 5.74) is 1.10. The summed E-state index contributed by atoms with van der Waals surface area (Å²) in [5, 5.41) is 13.6. The summed E-state index contributed by atoms with van der Waals surface area (Å²) in [7, 11) is -0.511. The fraction of sp³-hybridized carbons (Fsp3) is 0.529. The largest absolute Gasteiger partial charge is 0.496 e. The molecule has 0 bridgehead atoms. The quantitative estimate of drug-likeness (QED) is 0.809. The first-order valence-electron chi connectivity index (χ1n) is 8.08. The molecule has 0 atom stereocenters. The molecule has 1 aliphatic rings. The molecule has 3 heterocycles. The lowest BCUT2D eigenvalue weighted by Crippen LogP contribution is -2.41. The van der Waals surface area contributed by atoms with Crippen LogP contribution in [0.25, 0.3) is 5.52 Å². The van der Waals surface area contributed by atoms with Gasteiger partial charge in [-0.25, -0.2) is 4.52 Å². The average Bonchev–Trinajstić information content (AvgIpc) is 2.97. The molecule has 2 aromatic heterocycles. The fourth-order valence-electron chi connectivity index (χ4n) is 2.64. The molecule has 1 aliphatic heterocycles. The van der Waals surface area contributed by atoms with Crippen molar-refractivity contribution < 1.29 is 14.0 Å². The highest BCUT2D eigenvalue weighted by Crippen LogP contribution is 2.37. The van der Waals surface area contributed by atoms with E-state index in [2.05, 4.69) is 11.2 Å². The number of aromatic nitrogens is 2. The zero-order chi connectivity index (χ0) is 17.7. The van der Waals surface area contributed by atoms with Gasteiger partial charge in [-0.3, -0.25) is 0 Å². The van der Waals surface area contributed by atoms with Gasteiger partial charge in [-0.1, -0.05) is 0 Å². The van der Waals surface area contributed by atoms with Crippen molar-refractivity contribution in [1.82, 2.24) is 9.61 Å². The maximum atomic E-state index is 9.29. The maximum absolute atomic E-state index is 9.29. The maximum Gasteiger partial charge on any atom is 0.496 e. The van der Waals surface area contributed by atoms with Crippen LogP contribution in [0.5, 0.6) is 5.75 Å². The SMILES string of the molecule is CC(C)Oc1cc(B2OC(C)(C)C(C)(C)O2)cn2ncc(C#N)c12. The van der Waals surface area contributed by atoms with E-state index in [1.165, 1.54) is 6.20 Å². The normalized spacial score (nSPS) is 19.0. The zero-order valence-corrected chi connectivity index (χ0v) is 15.0. The highest BCUT2D eigenvalue weighted by atomic mass is 16.7. The molecule has 3 rings (SSSR count). The second-order valence-electron chi connectivity index (χ2n) is 7.36. The molecule has 0 saturated carbocycles. The first-order valence-corrected chi connectivity index (χ1v) is 8.08. The predicted molar refractivity (Wildman–Crippen MR) is 91.4 cm³/mol. The van der Waals surface area contributed by atoms with E-state index in [9.17, 15) is 5.26 Å². The molecule has 0 amide bonds. The Morgan fingerprint density at radius 3 is 2.42 bits per heavy atom. The molecule has 1 saturated heterocycles. The number of pyridine rings is 1. The highest BCUT2D eigenvalue weighted by Gasteiger charge is 2.52. The van der Waals surface area contributed by atoms with Crippen LogP contribution in [-0.4, -0.2) is 34.0 Å². The third-order valence-electron chi connectivity index (χ3n) is 4.61. The topological polar surface area (TPSA) is 68.8 Å². The van der Waals surface area contributed by atoms with Crippen LogP contribution in [0.4, 0.5) is 0 Å². The van der Waals surface area contributed by atoms with Gasteiger partial charge in [0.05, 0.1) is 23.5 Å². The van der Waals surface area contributed by atoms with Gasteiger partial charge in [0.25, 0.3) is 0 Å². The Kier molecular flexibility index (Phi) is 3.86. The first kappa shape index (κ1) is 16.8. The van der Waals surface area contributed by atoms with E-state index in [0.29, 0.717) is 16.8 Å². The Morgan fingerprint density at radius 1 is 1.25 bits per heavy atom. The second-order valence-corrected chi connectivity index (χ2v) is 7.36. The Hall–Kier alpha value is -2.04. The Morgan fingerprint density at radius 2 is 1.88 bits per heavy atom. The number of hydrogen-bond donors (Lipinski definition) is 0. The minimum absolute atomic E-state index is 0.0243. The number of fused-ring (bicyclic) bond motifs is 1. The molecule has 0 N–H and O–H groups in total. The summed E-state index contributed by atoms with van der Waals surface area (Å²) in [6, 6.07) is 4.03. The van der Waals surface area contributed by atoms with Gasteiger partial charge in [-0.05, 0) is 47.6 Å². The lowest BCUT2D eigenvalue weighted by atomic mass is 9.80. The Balaban J connectivity index is 2.09. The van der Waals surface area contributed by atoms with Crippen LogP contribution in [0.1, 0.15) is 47.1 Å². The molecule has 126 valence electrons.